The van der Waals surface area contributed by atoms with E-state index in [0.717, 1.165) is 38.0 Å². The average molecular weight is 292 g/mol. The highest BCUT2D eigenvalue weighted by Gasteiger charge is 2.21. The van der Waals surface area contributed by atoms with E-state index in [-0.39, 0.29) is 17.5 Å². The maximum absolute atomic E-state index is 11.6. The molecule has 0 spiro atoms. The van der Waals surface area contributed by atoms with Crippen molar-refractivity contribution in [3.63, 3.8) is 0 Å². The molecule has 0 bridgehead atoms. The van der Waals surface area contributed by atoms with Crippen molar-refractivity contribution in [3.05, 3.63) is 27.9 Å². The van der Waals surface area contributed by atoms with Gasteiger partial charge < -0.3 is 10.3 Å². The highest BCUT2D eigenvalue weighted by Crippen LogP contribution is 2.12. The number of likely N-dealkylation sites (tertiary alicyclic amines) is 1. The Hall–Kier alpha value is -1.69. The van der Waals surface area contributed by atoms with Crippen LogP contribution in [-0.2, 0) is 17.8 Å². The van der Waals surface area contributed by atoms with Crippen LogP contribution in [-0.4, -0.2) is 39.9 Å². The molecule has 2 rings (SSSR count). The summed E-state index contributed by atoms with van der Waals surface area (Å²) < 4.78 is 0. The van der Waals surface area contributed by atoms with Crippen LogP contribution in [0.4, 0.5) is 0 Å². The lowest BCUT2D eigenvalue weighted by Gasteiger charge is -2.32. The van der Waals surface area contributed by atoms with E-state index in [1.54, 1.807) is 6.07 Å². The third-order valence-electron chi connectivity index (χ3n) is 3.77. The van der Waals surface area contributed by atoms with Gasteiger partial charge in [-0.3, -0.25) is 14.5 Å². The van der Waals surface area contributed by atoms with Gasteiger partial charge >= 0.3 is 0 Å². The van der Waals surface area contributed by atoms with Gasteiger partial charge in [0, 0.05) is 30.8 Å². The lowest BCUT2D eigenvalue weighted by Crippen LogP contribution is -2.47. The Balaban J connectivity index is 1.97. The van der Waals surface area contributed by atoms with Crippen LogP contribution in [0.25, 0.3) is 0 Å². The number of carbonyl (C=O) groups is 1. The molecular weight excluding hydrogens is 268 g/mol. The maximum atomic E-state index is 11.6. The zero-order valence-electron chi connectivity index (χ0n) is 12.8. The summed E-state index contributed by atoms with van der Waals surface area (Å²) >= 11 is 0. The molecule has 116 valence electrons. The van der Waals surface area contributed by atoms with E-state index in [2.05, 4.69) is 20.2 Å². The number of carbonyl (C=O) groups excluding carboxylic acids is 1. The molecule has 1 unspecified atom stereocenters. The molecule has 1 aromatic rings. The Labute approximate surface area is 125 Å². The van der Waals surface area contributed by atoms with Gasteiger partial charge in [-0.2, -0.15) is 0 Å². The summed E-state index contributed by atoms with van der Waals surface area (Å²) in [5.74, 6) is 0.809. The van der Waals surface area contributed by atoms with Crippen molar-refractivity contribution < 1.29 is 4.79 Å². The van der Waals surface area contributed by atoms with Crippen molar-refractivity contribution in [3.8, 4) is 0 Å². The first kappa shape index (κ1) is 15.7. The van der Waals surface area contributed by atoms with Crippen LogP contribution in [0.1, 0.15) is 44.6 Å². The molecule has 1 atom stereocenters. The predicted octanol–water partition coefficient (Wildman–Crippen LogP) is 0.823. The summed E-state index contributed by atoms with van der Waals surface area (Å²) in [6.45, 7) is 6.26. The highest BCUT2D eigenvalue weighted by atomic mass is 16.1. The van der Waals surface area contributed by atoms with Crippen LogP contribution in [0.5, 0.6) is 0 Å². The standard InChI is InChI=1S/C15H24N4O2/c1-3-11-8-15(21)18-13(16-11)10-19-7-5-6-12(9-19)17-14(20)4-2/h8,12H,3-7,9-10H2,1-2H3,(H,17,20)(H,16,18,21). The van der Waals surface area contributed by atoms with Crippen LogP contribution in [0.2, 0.25) is 0 Å². The molecule has 1 aliphatic heterocycles. The summed E-state index contributed by atoms with van der Waals surface area (Å²) in [4.78, 5) is 32.6. The molecule has 1 fully saturated rings. The van der Waals surface area contributed by atoms with Gasteiger partial charge in [0.1, 0.15) is 5.82 Å². The highest BCUT2D eigenvalue weighted by molar-refractivity contribution is 5.75. The third-order valence-corrected chi connectivity index (χ3v) is 3.77. The number of aryl methyl sites for hydroxylation is 1. The quantitative estimate of drug-likeness (QED) is 0.842. The molecule has 0 aromatic carbocycles. The van der Waals surface area contributed by atoms with E-state index in [9.17, 15) is 9.59 Å². The minimum Gasteiger partial charge on any atom is -0.352 e. The number of hydrogen-bond donors (Lipinski definition) is 2. The van der Waals surface area contributed by atoms with Crippen LogP contribution in [0.3, 0.4) is 0 Å². The van der Waals surface area contributed by atoms with Crippen molar-refractivity contribution in [1.82, 2.24) is 20.2 Å². The van der Waals surface area contributed by atoms with Gasteiger partial charge in [0.05, 0.1) is 6.54 Å². The Morgan fingerprint density at radius 1 is 1.52 bits per heavy atom. The van der Waals surface area contributed by atoms with Gasteiger partial charge in [-0.25, -0.2) is 4.98 Å². The minimum atomic E-state index is -0.0929. The first-order valence-corrected chi connectivity index (χ1v) is 7.71. The van der Waals surface area contributed by atoms with Crippen molar-refractivity contribution in [1.29, 1.82) is 0 Å². The first-order valence-electron chi connectivity index (χ1n) is 7.71. The Morgan fingerprint density at radius 3 is 3.05 bits per heavy atom. The minimum absolute atomic E-state index is 0.0929. The van der Waals surface area contributed by atoms with Crippen molar-refractivity contribution in [2.24, 2.45) is 0 Å². The zero-order chi connectivity index (χ0) is 15.2. The summed E-state index contributed by atoms with van der Waals surface area (Å²) in [6.07, 6.45) is 3.34. The van der Waals surface area contributed by atoms with Crippen molar-refractivity contribution in [2.45, 2.75) is 52.1 Å². The second-order valence-corrected chi connectivity index (χ2v) is 5.53. The van der Waals surface area contributed by atoms with E-state index < -0.39 is 0 Å². The van der Waals surface area contributed by atoms with E-state index in [0.29, 0.717) is 18.8 Å². The molecule has 6 nitrogen and oxygen atoms in total. The van der Waals surface area contributed by atoms with Crippen LogP contribution in [0, 0.1) is 0 Å². The molecule has 1 aliphatic rings. The summed E-state index contributed by atoms with van der Waals surface area (Å²) in [6, 6.07) is 1.75. The van der Waals surface area contributed by atoms with Crippen LogP contribution in [0.15, 0.2) is 10.9 Å². The maximum Gasteiger partial charge on any atom is 0.251 e. The van der Waals surface area contributed by atoms with Crippen LogP contribution < -0.4 is 10.9 Å². The smallest absolute Gasteiger partial charge is 0.251 e. The van der Waals surface area contributed by atoms with Crippen molar-refractivity contribution in [2.75, 3.05) is 13.1 Å². The molecule has 1 aromatic heterocycles. The number of rotatable bonds is 5. The van der Waals surface area contributed by atoms with Gasteiger partial charge in [0.25, 0.3) is 5.56 Å². The summed E-state index contributed by atoms with van der Waals surface area (Å²) in [5.41, 5.74) is 0.728. The predicted molar refractivity (Wildman–Crippen MR) is 81.0 cm³/mol. The van der Waals surface area contributed by atoms with Gasteiger partial charge in [-0.15, -0.1) is 0 Å². The topological polar surface area (TPSA) is 78.1 Å². The van der Waals surface area contributed by atoms with E-state index in [4.69, 9.17) is 0 Å². The number of aromatic nitrogens is 2. The molecule has 0 aliphatic carbocycles. The molecule has 0 saturated carbocycles. The molecule has 6 heteroatoms. The lowest BCUT2D eigenvalue weighted by molar-refractivity contribution is -0.121. The fourth-order valence-electron chi connectivity index (χ4n) is 2.68. The van der Waals surface area contributed by atoms with Gasteiger partial charge in [0.2, 0.25) is 5.91 Å². The Bertz CT molecular complexity index is 541. The third kappa shape index (κ3) is 4.67. The monoisotopic (exact) mass is 292 g/mol. The number of piperidine rings is 1. The first-order chi connectivity index (χ1) is 10.1. The molecule has 1 saturated heterocycles. The second kappa shape index (κ2) is 7.36. The van der Waals surface area contributed by atoms with Crippen LogP contribution >= 0.6 is 0 Å². The van der Waals surface area contributed by atoms with Gasteiger partial charge in [-0.05, 0) is 25.8 Å². The summed E-state index contributed by atoms with van der Waals surface area (Å²) in [7, 11) is 0. The fourth-order valence-corrected chi connectivity index (χ4v) is 2.68. The number of amides is 1. The molecule has 1 amide bonds. The number of nitrogens with one attached hydrogen (secondary N) is 2. The zero-order valence-corrected chi connectivity index (χ0v) is 12.8. The molecular formula is C15H24N4O2. The van der Waals surface area contributed by atoms with E-state index in [1.807, 2.05) is 13.8 Å². The summed E-state index contributed by atoms with van der Waals surface area (Å²) in [5, 5.41) is 3.05. The largest absolute Gasteiger partial charge is 0.352 e. The van der Waals surface area contributed by atoms with E-state index >= 15 is 0 Å². The number of nitrogens with zero attached hydrogens (tertiary/aromatic N) is 2. The second-order valence-electron chi connectivity index (χ2n) is 5.53. The Morgan fingerprint density at radius 2 is 2.33 bits per heavy atom. The molecule has 21 heavy (non-hydrogen) atoms. The molecule has 0 radical (unpaired) electrons. The molecule has 2 heterocycles. The number of hydrogen-bond acceptors (Lipinski definition) is 4. The van der Waals surface area contributed by atoms with Gasteiger partial charge in [0.15, 0.2) is 0 Å². The number of aromatic amines is 1. The van der Waals surface area contributed by atoms with E-state index in [1.165, 1.54) is 0 Å². The lowest BCUT2D eigenvalue weighted by atomic mass is 10.1. The molecule has 2 N–H and O–H groups in total. The normalized spacial score (nSPS) is 19.4. The fraction of sp³-hybridized carbons (Fsp3) is 0.667. The van der Waals surface area contributed by atoms with Gasteiger partial charge in [-0.1, -0.05) is 13.8 Å². The SMILES string of the molecule is CCC(=O)NC1CCCN(Cc2nc(CC)cc(=O)[nH]2)C1. The average Bonchev–Trinajstić information content (AvgIpc) is 2.46. The van der Waals surface area contributed by atoms with Crippen molar-refractivity contribution >= 4 is 5.91 Å². The Kier molecular flexibility index (Phi) is 5.50. The number of H-pyrrole nitrogens is 1.